The minimum atomic E-state index is -3.70. The Morgan fingerprint density at radius 1 is 0.959 bits per heavy atom. The van der Waals surface area contributed by atoms with E-state index in [-0.39, 0.29) is 10.9 Å². The van der Waals surface area contributed by atoms with Gasteiger partial charge >= 0.3 is 0 Å². The number of aromatic nitrogens is 5. The fourth-order valence-corrected chi connectivity index (χ4v) is 7.47. The number of anilines is 1. The van der Waals surface area contributed by atoms with Crippen molar-refractivity contribution in [3.05, 3.63) is 106 Å². The van der Waals surface area contributed by atoms with E-state index >= 15 is 0 Å². The number of nitrogens with two attached hydrogens (primary N) is 1. The Morgan fingerprint density at radius 3 is 2.33 bits per heavy atom. The van der Waals surface area contributed by atoms with Gasteiger partial charge in [0.25, 0.3) is 0 Å². The molecule has 0 unspecified atom stereocenters. The molecule has 252 valence electrons. The molecule has 14 heteroatoms. The lowest BCUT2D eigenvalue weighted by atomic mass is 10.0. The number of nitrogens with zero attached hydrogens (tertiary/aromatic N) is 6. The van der Waals surface area contributed by atoms with E-state index in [4.69, 9.17) is 31.4 Å². The summed E-state index contributed by atoms with van der Waals surface area (Å²) in [5.74, 6) is 1.82. The highest BCUT2D eigenvalue weighted by atomic mass is 35.5. The van der Waals surface area contributed by atoms with Gasteiger partial charge in [0.05, 0.1) is 23.2 Å². The van der Waals surface area contributed by atoms with Crippen LogP contribution in [0.5, 0.6) is 11.6 Å². The topological polar surface area (TPSA) is 141 Å². The number of nitrogens with one attached hydrogen (secondary N) is 1. The van der Waals surface area contributed by atoms with Crippen molar-refractivity contribution >= 4 is 49.1 Å². The molecule has 0 aliphatic carbocycles. The van der Waals surface area contributed by atoms with E-state index in [1.54, 1.807) is 23.5 Å². The molecule has 3 N–H and O–H groups in total. The number of hydrogen-bond acceptors (Lipinski definition) is 10. The number of sulfonamides is 1. The van der Waals surface area contributed by atoms with Gasteiger partial charge in [0.2, 0.25) is 21.9 Å². The molecule has 0 bridgehead atoms. The van der Waals surface area contributed by atoms with E-state index in [1.807, 2.05) is 72.6 Å². The summed E-state index contributed by atoms with van der Waals surface area (Å²) >= 11 is 7.58. The second-order valence-electron chi connectivity index (χ2n) is 12.3. The molecule has 0 saturated carbocycles. The number of fused-ring (bicyclic) bond motifs is 1. The van der Waals surface area contributed by atoms with Crippen molar-refractivity contribution in [2.45, 2.75) is 50.7 Å². The van der Waals surface area contributed by atoms with Crippen LogP contribution in [-0.2, 0) is 23.1 Å². The Bertz CT molecular complexity index is 2190. The third kappa shape index (κ3) is 7.76. The molecule has 0 radical (unpaired) electrons. The van der Waals surface area contributed by atoms with Crippen molar-refractivity contribution in [3.63, 3.8) is 0 Å². The standard InChI is InChI=1S/C35H35ClN8O3S2/c1-22-17-26(31-21-44(42-41-31)20-25-3-7-27(36)8-4-25)18-23(2)32(22)47-34-33-30(13-16-48-33)39-35(40-34)38-28-11-14-43(15-12-28)19-24-5-9-29(10-6-24)49(37,45)46/h3-10,13,16-18,21,28H,11-12,14-15,19-20H2,1-2H3,(H2,37,45,46)(H,38,39,40). The maximum absolute atomic E-state index is 11.6. The van der Waals surface area contributed by atoms with Gasteiger partial charge in [-0.25, -0.2) is 23.2 Å². The zero-order chi connectivity index (χ0) is 34.1. The largest absolute Gasteiger partial charge is 0.437 e. The van der Waals surface area contributed by atoms with E-state index in [9.17, 15) is 8.42 Å². The van der Waals surface area contributed by atoms with E-state index in [0.29, 0.717) is 23.4 Å². The van der Waals surface area contributed by atoms with E-state index in [1.165, 1.54) is 0 Å². The SMILES string of the molecule is Cc1cc(-c2cn(Cc3ccc(Cl)cc3)nn2)cc(C)c1Oc1nc(NC2CCN(Cc3ccc(S(N)(=O)=O)cc3)CC2)nc2ccsc12. The molecule has 7 rings (SSSR count). The number of likely N-dealkylation sites (tertiary alicyclic amines) is 1. The molecular formula is C35H35ClN8O3S2. The van der Waals surface area contributed by atoms with E-state index in [0.717, 1.165) is 82.0 Å². The van der Waals surface area contributed by atoms with Crippen LogP contribution in [0, 0.1) is 13.8 Å². The van der Waals surface area contributed by atoms with Gasteiger partial charge in [0.15, 0.2) is 0 Å². The molecule has 0 atom stereocenters. The maximum Gasteiger partial charge on any atom is 0.242 e. The van der Waals surface area contributed by atoms with Crippen LogP contribution < -0.4 is 15.2 Å². The number of piperidine rings is 1. The lowest BCUT2D eigenvalue weighted by Gasteiger charge is -2.32. The first-order valence-electron chi connectivity index (χ1n) is 15.9. The first-order valence-corrected chi connectivity index (χ1v) is 18.7. The predicted octanol–water partition coefficient (Wildman–Crippen LogP) is 6.78. The van der Waals surface area contributed by atoms with Crippen LogP contribution in [0.1, 0.15) is 35.1 Å². The normalized spacial score (nSPS) is 14.4. The summed E-state index contributed by atoms with van der Waals surface area (Å²) in [5.41, 5.74) is 6.65. The zero-order valence-corrected chi connectivity index (χ0v) is 29.4. The molecule has 1 aliphatic rings. The van der Waals surface area contributed by atoms with Crippen LogP contribution in [-0.4, -0.2) is 57.4 Å². The molecule has 1 saturated heterocycles. The van der Waals surface area contributed by atoms with Crippen molar-refractivity contribution in [2.75, 3.05) is 18.4 Å². The Kier molecular flexibility index (Phi) is 9.36. The number of ether oxygens (including phenoxy) is 1. The fourth-order valence-electron chi connectivity index (χ4n) is 6.07. The smallest absolute Gasteiger partial charge is 0.242 e. The quantitative estimate of drug-likeness (QED) is 0.157. The Balaban J connectivity index is 1.02. The van der Waals surface area contributed by atoms with Crippen molar-refractivity contribution < 1.29 is 13.2 Å². The Morgan fingerprint density at radius 2 is 1.63 bits per heavy atom. The second kappa shape index (κ2) is 13.8. The van der Waals surface area contributed by atoms with Gasteiger partial charge < -0.3 is 10.1 Å². The first kappa shape index (κ1) is 33.1. The molecule has 1 aliphatic heterocycles. The number of halogens is 1. The van der Waals surface area contributed by atoms with Gasteiger partial charge in [-0.15, -0.1) is 16.4 Å². The Hall–Kier alpha value is -4.40. The maximum atomic E-state index is 11.6. The molecule has 1 fully saturated rings. The average molecular weight is 715 g/mol. The van der Waals surface area contributed by atoms with Gasteiger partial charge in [0, 0.05) is 36.3 Å². The minimum absolute atomic E-state index is 0.125. The second-order valence-corrected chi connectivity index (χ2v) is 15.3. The molecule has 0 spiro atoms. The lowest BCUT2D eigenvalue weighted by molar-refractivity contribution is 0.211. The number of aryl methyl sites for hydroxylation is 2. The lowest BCUT2D eigenvalue weighted by Crippen LogP contribution is -2.39. The Labute approximate surface area is 293 Å². The fraction of sp³-hybridized carbons (Fsp3) is 0.257. The number of benzene rings is 3. The van der Waals surface area contributed by atoms with E-state index in [2.05, 4.69) is 32.7 Å². The summed E-state index contributed by atoms with van der Waals surface area (Å²) in [4.78, 5) is 12.1. The molecule has 3 aromatic heterocycles. The third-order valence-corrected chi connectivity index (χ3v) is 10.7. The van der Waals surface area contributed by atoms with Crippen LogP contribution in [0.25, 0.3) is 21.5 Å². The molecule has 6 aromatic rings. The zero-order valence-electron chi connectivity index (χ0n) is 27.0. The molecular weight excluding hydrogens is 680 g/mol. The highest BCUT2D eigenvalue weighted by Gasteiger charge is 2.22. The average Bonchev–Trinajstić information content (AvgIpc) is 3.75. The van der Waals surface area contributed by atoms with Crippen molar-refractivity contribution in [3.8, 4) is 22.9 Å². The van der Waals surface area contributed by atoms with E-state index < -0.39 is 10.0 Å². The van der Waals surface area contributed by atoms with Gasteiger partial charge in [0.1, 0.15) is 16.1 Å². The number of primary sulfonamides is 1. The van der Waals surface area contributed by atoms with Gasteiger partial charge in [-0.3, -0.25) is 4.90 Å². The predicted molar refractivity (Wildman–Crippen MR) is 193 cm³/mol. The number of rotatable bonds is 10. The van der Waals surface area contributed by atoms with Crippen LogP contribution >= 0.6 is 22.9 Å². The van der Waals surface area contributed by atoms with Gasteiger partial charge in [-0.2, -0.15) is 4.98 Å². The summed E-state index contributed by atoms with van der Waals surface area (Å²) in [5, 5.41) is 20.2. The highest BCUT2D eigenvalue weighted by molar-refractivity contribution is 7.89. The molecule has 4 heterocycles. The van der Waals surface area contributed by atoms with Crippen LogP contribution in [0.3, 0.4) is 0 Å². The van der Waals surface area contributed by atoms with Gasteiger partial charge in [-0.1, -0.05) is 41.1 Å². The number of thiophene rings is 1. The van der Waals surface area contributed by atoms with Crippen molar-refractivity contribution in [2.24, 2.45) is 5.14 Å². The highest BCUT2D eigenvalue weighted by Crippen LogP contribution is 2.37. The summed E-state index contributed by atoms with van der Waals surface area (Å²) in [6.07, 6.45) is 3.78. The first-order chi connectivity index (χ1) is 23.6. The van der Waals surface area contributed by atoms with Crippen LogP contribution in [0.15, 0.2) is 83.2 Å². The van der Waals surface area contributed by atoms with Crippen LogP contribution in [0.4, 0.5) is 5.95 Å². The molecule has 0 amide bonds. The summed E-state index contributed by atoms with van der Waals surface area (Å²) < 4.78 is 32.4. The minimum Gasteiger partial charge on any atom is -0.437 e. The molecule has 49 heavy (non-hydrogen) atoms. The molecule has 11 nitrogen and oxygen atoms in total. The summed E-state index contributed by atoms with van der Waals surface area (Å²) in [6, 6.07) is 20.8. The van der Waals surface area contributed by atoms with Crippen LogP contribution in [0.2, 0.25) is 5.02 Å². The van der Waals surface area contributed by atoms with Gasteiger partial charge in [-0.05, 0) is 96.8 Å². The molecule has 3 aromatic carbocycles. The third-order valence-electron chi connectivity index (χ3n) is 8.60. The summed E-state index contributed by atoms with van der Waals surface area (Å²) in [6.45, 7) is 7.17. The number of hydrogen-bond donors (Lipinski definition) is 2. The van der Waals surface area contributed by atoms with Crippen molar-refractivity contribution in [1.29, 1.82) is 0 Å². The summed E-state index contributed by atoms with van der Waals surface area (Å²) in [7, 11) is -3.70. The monoisotopic (exact) mass is 714 g/mol. The van der Waals surface area contributed by atoms with Crippen molar-refractivity contribution in [1.82, 2.24) is 29.9 Å².